The van der Waals surface area contributed by atoms with Crippen LogP contribution in [0, 0.1) is 0 Å². The number of hydrogen-bond donors (Lipinski definition) is 0. The predicted molar refractivity (Wildman–Crippen MR) is 104 cm³/mol. The Hall–Kier alpha value is -3.36. The number of rotatable bonds is 10. The number of carbonyl (C=O) groups excluding carboxylic acids is 2. The summed E-state index contributed by atoms with van der Waals surface area (Å²) in [7, 11) is 2.84. The highest BCUT2D eigenvalue weighted by atomic mass is 19.3. The van der Waals surface area contributed by atoms with Gasteiger partial charge in [-0.1, -0.05) is 12.1 Å². The summed E-state index contributed by atoms with van der Waals surface area (Å²) >= 11 is 0. The largest absolute Gasteiger partial charge is 0.494 e. The van der Waals surface area contributed by atoms with Crippen molar-refractivity contribution in [1.29, 1.82) is 0 Å². The van der Waals surface area contributed by atoms with Gasteiger partial charge in [-0.3, -0.25) is 4.79 Å². The first-order valence-corrected chi connectivity index (χ1v) is 9.09. The molecule has 1 amide bonds. The van der Waals surface area contributed by atoms with Crippen LogP contribution in [0.5, 0.6) is 17.2 Å². The van der Waals surface area contributed by atoms with E-state index < -0.39 is 25.1 Å². The Balaban J connectivity index is 1.90. The number of esters is 1. The second-order valence-electron chi connectivity index (χ2n) is 6.15. The summed E-state index contributed by atoms with van der Waals surface area (Å²) in [5, 5.41) is 0. The third-order valence-corrected chi connectivity index (χ3v) is 4.02. The molecule has 2 rings (SSSR count). The Bertz CT molecular complexity index is 857. The lowest BCUT2D eigenvalue weighted by Crippen LogP contribution is -2.30. The third-order valence-electron chi connectivity index (χ3n) is 4.02. The summed E-state index contributed by atoms with van der Waals surface area (Å²) in [5.41, 5.74) is 0.926. The molecule has 0 saturated heterocycles. The van der Waals surface area contributed by atoms with Gasteiger partial charge >= 0.3 is 12.6 Å². The van der Waals surface area contributed by atoms with Crippen molar-refractivity contribution in [2.24, 2.45) is 0 Å². The fraction of sp³-hybridized carbons (Fsp3) is 0.333. The van der Waals surface area contributed by atoms with Gasteiger partial charge in [0.2, 0.25) is 0 Å². The van der Waals surface area contributed by atoms with Gasteiger partial charge in [0, 0.05) is 13.6 Å². The Kier molecular flexibility index (Phi) is 8.40. The van der Waals surface area contributed by atoms with Crippen LogP contribution in [0.1, 0.15) is 22.8 Å². The van der Waals surface area contributed by atoms with E-state index in [1.807, 2.05) is 31.2 Å². The fourth-order valence-corrected chi connectivity index (χ4v) is 2.53. The number of likely N-dealkylation sites (N-methyl/N-ethyl adjacent to an activating group) is 1. The first-order chi connectivity index (χ1) is 14.3. The molecule has 0 unspecified atom stereocenters. The molecule has 0 saturated carbocycles. The van der Waals surface area contributed by atoms with Crippen molar-refractivity contribution in [3.8, 4) is 17.2 Å². The molecule has 2 aromatic rings. The molecule has 0 aliphatic carbocycles. The van der Waals surface area contributed by atoms with E-state index in [4.69, 9.17) is 14.2 Å². The number of amides is 1. The highest BCUT2D eigenvalue weighted by molar-refractivity contribution is 5.92. The number of carbonyl (C=O) groups is 2. The molecule has 0 aliphatic rings. The fourth-order valence-electron chi connectivity index (χ4n) is 2.53. The van der Waals surface area contributed by atoms with Gasteiger partial charge in [-0.25, -0.2) is 4.79 Å². The van der Waals surface area contributed by atoms with Crippen LogP contribution >= 0.6 is 0 Å². The van der Waals surface area contributed by atoms with Crippen LogP contribution in [0.25, 0.3) is 0 Å². The molecular weight excluding hydrogens is 400 g/mol. The smallest absolute Gasteiger partial charge is 0.387 e. The standard InChI is InChI=1S/C21H23F2NO6/c1-4-28-16-8-5-14(6-9-16)12-24(2)19(25)13-29-20(26)15-7-10-17(30-21(22)23)18(11-15)27-3/h5-11,21H,4,12-13H2,1-3H3. The molecular formula is C21H23F2NO6. The van der Waals surface area contributed by atoms with Crippen LogP contribution in [-0.2, 0) is 16.1 Å². The normalized spacial score (nSPS) is 10.5. The quantitative estimate of drug-likeness (QED) is 0.545. The van der Waals surface area contributed by atoms with Gasteiger partial charge in [0.05, 0.1) is 19.3 Å². The van der Waals surface area contributed by atoms with Gasteiger partial charge in [-0.2, -0.15) is 8.78 Å². The average Bonchev–Trinajstić information content (AvgIpc) is 2.73. The average molecular weight is 423 g/mol. The number of nitrogens with zero attached hydrogens (tertiary/aromatic N) is 1. The molecule has 0 radical (unpaired) electrons. The SMILES string of the molecule is CCOc1ccc(CN(C)C(=O)COC(=O)c2ccc(OC(F)F)c(OC)c2)cc1. The zero-order chi connectivity index (χ0) is 22.1. The monoisotopic (exact) mass is 423 g/mol. The minimum atomic E-state index is -3.03. The van der Waals surface area contributed by atoms with Gasteiger partial charge in [0.1, 0.15) is 5.75 Å². The summed E-state index contributed by atoms with van der Waals surface area (Å²) < 4.78 is 44.4. The van der Waals surface area contributed by atoms with Crippen molar-refractivity contribution in [1.82, 2.24) is 4.90 Å². The van der Waals surface area contributed by atoms with Gasteiger partial charge < -0.3 is 23.8 Å². The molecule has 162 valence electrons. The summed E-state index contributed by atoms with van der Waals surface area (Å²) in [5.74, 6) is -0.718. The van der Waals surface area contributed by atoms with Gasteiger partial charge in [0.25, 0.3) is 5.91 Å². The van der Waals surface area contributed by atoms with Crippen LogP contribution in [0.15, 0.2) is 42.5 Å². The van der Waals surface area contributed by atoms with Crippen molar-refractivity contribution >= 4 is 11.9 Å². The summed E-state index contributed by atoms with van der Waals surface area (Å²) in [6.07, 6.45) is 0. The van der Waals surface area contributed by atoms with E-state index in [-0.39, 0.29) is 17.1 Å². The topological polar surface area (TPSA) is 74.3 Å². The van der Waals surface area contributed by atoms with Crippen molar-refractivity contribution in [3.63, 3.8) is 0 Å². The van der Waals surface area contributed by atoms with Crippen LogP contribution < -0.4 is 14.2 Å². The van der Waals surface area contributed by atoms with E-state index in [2.05, 4.69) is 4.74 Å². The zero-order valence-electron chi connectivity index (χ0n) is 16.9. The Labute approximate surface area is 173 Å². The predicted octanol–water partition coefficient (Wildman–Crippen LogP) is 3.51. The van der Waals surface area contributed by atoms with Gasteiger partial charge in [0.15, 0.2) is 18.1 Å². The molecule has 30 heavy (non-hydrogen) atoms. The first-order valence-electron chi connectivity index (χ1n) is 9.09. The number of alkyl halides is 2. The summed E-state index contributed by atoms with van der Waals surface area (Å²) in [6.45, 7) is -0.708. The zero-order valence-corrected chi connectivity index (χ0v) is 16.9. The number of methoxy groups -OCH3 is 1. The van der Waals surface area contributed by atoms with Gasteiger partial charge in [-0.05, 0) is 42.8 Å². The minimum absolute atomic E-state index is 0.0374. The molecule has 0 aliphatic heterocycles. The first kappa shape index (κ1) is 22.9. The maximum Gasteiger partial charge on any atom is 0.387 e. The van der Waals surface area contributed by atoms with Crippen LogP contribution in [-0.4, -0.2) is 50.8 Å². The Morgan fingerprint density at radius 2 is 1.77 bits per heavy atom. The highest BCUT2D eigenvalue weighted by Crippen LogP contribution is 2.29. The van der Waals surface area contributed by atoms with Crippen LogP contribution in [0.4, 0.5) is 8.78 Å². The third kappa shape index (κ3) is 6.61. The molecule has 0 bridgehead atoms. The molecule has 0 N–H and O–H groups in total. The maximum atomic E-state index is 12.4. The van der Waals surface area contributed by atoms with E-state index in [1.54, 1.807) is 7.05 Å². The highest BCUT2D eigenvalue weighted by Gasteiger charge is 2.17. The van der Waals surface area contributed by atoms with E-state index in [1.165, 1.54) is 30.2 Å². The van der Waals surface area contributed by atoms with Crippen LogP contribution in [0.3, 0.4) is 0 Å². The van der Waals surface area contributed by atoms with Gasteiger partial charge in [-0.15, -0.1) is 0 Å². The van der Waals surface area contributed by atoms with Crippen molar-refractivity contribution in [2.75, 3.05) is 27.4 Å². The molecule has 2 aromatic carbocycles. The second-order valence-corrected chi connectivity index (χ2v) is 6.15. The lowest BCUT2D eigenvalue weighted by molar-refractivity contribution is -0.133. The molecule has 7 nitrogen and oxygen atoms in total. The number of benzene rings is 2. The van der Waals surface area contributed by atoms with Crippen molar-refractivity contribution < 1.29 is 37.3 Å². The molecule has 0 aromatic heterocycles. The lowest BCUT2D eigenvalue weighted by Gasteiger charge is -2.17. The van der Waals surface area contributed by atoms with Crippen molar-refractivity contribution in [2.45, 2.75) is 20.1 Å². The molecule has 9 heteroatoms. The number of ether oxygens (including phenoxy) is 4. The number of halogens is 2. The van der Waals surface area contributed by atoms with E-state index in [0.717, 1.165) is 11.3 Å². The molecule has 0 atom stereocenters. The molecule has 0 spiro atoms. The Morgan fingerprint density at radius 3 is 2.37 bits per heavy atom. The van der Waals surface area contributed by atoms with Crippen molar-refractivity contribution in [3.05, 3.63) is 53.6 Å². The number of hydrogen-bond acceptors (Lipinski definition) is 6. The van der Waals surface area contributed by atoms with Crippen LogP contribution in [0.2, 0.25) is 0 Å². The summed E-state index contributed by atoms with van der Waals surface area (Å²) in [6, 6.07) is 10.9. The maximum absolute atomic E-state index is 12.4. The van der Waals surface area contributed by atoms with E-state index >= 15 is 0 Å². The second kappa shape index (κ2) is 11.0. The lowest BCUT2D eigenvalue weighted by atomic mass is 10.2. The molecule has 0 heterocycles. The molecule has 0 fully saturated rings. The summed E-state index contributed by atoms with van der Waals surface area (Å²) in [4.78, 5) is 25.8. The Morgan fingerprint density at radius 1 is 1.07 bits per heavy atom. The van der Waals surface area contributed by atoms with E-state index in [9.17, 15) is 18.4 Å². The minimum Gasteiger partial charge on any atom is -0.494 e. The van der Waals surface area contributed by atoms with E-state index in [0.29, 0.717) is 13.2 Å².